The molecule has 1 atom stereocenters. The van der Waals surface area contributed by atoms with Gasteiger partial charge < -0.3 is 10.2 Å². The number of sulfonamides is 1. The van der Waals surface area contributed by atoms with E-state index in [1.807, 2.05) is 0 Å². The third-order valence-corrected chi connectivity index (χ3v) is 7.94. The van der Waals surface area contributed by atoms with Crippen LogP contribution >= 0.6 is 11.8 Å². The van der Waals surface area contributed by atoms with E-state index in [1.165, 1.54) is 23.1 Å². The SMILES string of the molecule is CS(=O)(=O)NCCC1Sc2ccc(C(=O)NCc3c(F)cc(F)cc3F)cc2N(Cc2cc(F)cc(F)c2)C1=O. The van der Waals surface area contributed by atoms with Crippen molar-refractivity contribution in [3.05, 3.63) is 94.3 Å². The van der Waals surface area contributed by atoms with Crippen molar-refractivity contribution in [2.24, 2.45) is 0 Å². The van der Waals surface area contributed by atoms with Gasteiger partial charge in [0.1, 0.15) is 29.1 Å². The molecule has 0 spiro atoms. The number of nitrogens with one attached hydrogen (secondary N) is 2. The van der Waals surface area contributed by atoms with Crippen LogP contribution in [0.2, 0.25) is 0 Å². The maximum absolute atomic E-state index is 14.0. The molecule has 0 aromatic heterocycles. The Balaban J connectivity index is 1.61. The Hall–Kier alpha value is -3.49. The predicted molar refractivity (Wildman–Crippen MR) is 139 cm³/mol. The Morgan fingerprint density at radius 2 is 1.57 bits per heavy atom. The third kappa shape index (κ3) is 7.17. The van der Waals surface area contributed by atoms with Crippen molar-refractivity contribution in [2.45, 2.75) is 29.7 Å². The van der Waals surface area contributed by atoms with E-state index >= 15 is 0 Å². The summed E-state index contributed by atoms with van der Waals surface area (Å²) in [6.45, 7) is -0.867. The van der Waals surface area contributed by atoms with Crippen molar-refractivity contribution in [1.82, 2.24) is 10.0 Å². The molecule has 3 aromatic carbocycles. The van der Waals surface area contributed by atoms with Crippen LogP contribution < -0.4 is 14.9 Å². The van der Waals surface area contributed by atoms with Crippen molar-refractivity contribution in [3.8, 4) is 0 Å². The molecule has 212 valence electrons. The molecule has 2 amide bonds. The standard InChI is InChI=1S/C26H22F5N3O4S2/c1-40(37,38)33-5-4-24-26(36)34(13-14-6-16(27)9-17(28)7-14)22-8-15(2-3-23(22)39-24)25(35)32-12-19-20(30)10-18(29)11-21(19)31/h2-3,6-11,24,33H,4-5,12-13H2,1H3,(H,32,35). The number of carbonyl (C=O) groups is 2. The topological polar surface area (TPSA) is 95.6 Å². The molecule has 0 saturated carbocycles. The van der Waals surface area contributed by atoms with Gasteiger partial charge in [0.25, 0.3) is 5.91 Å². The monoisotopic (exact) mass is 599 g/mol. The molecule has 0 radical (unpaired) electrons. The molecular weight excluding hydrogens is 577 g/mol. The minimum Gasteiger partial charge on any atom is -0.348 e. The zero-order valence-electron chi connectivity index (χ0n) is 20.8. The molecule has 3 aromatic rings. The molecule has 1 unspecified atom stereocenters. The Morgan fingerprint density at radius 3 is 2.20 bits per heavy atom. The van der Waals surface area contributed by atoms with Gasteiger partial charge in [0.15, 0.2) is 0 Å². The highest BCUT2D eigenvalue weighted by atomic mass is 32.2. The summed E-state index contributed by atoms with van der Waals surface area (Å²) >= 11 is 1.13. The van der Waals surface area contributed by atoms with Crippen LogP contribution in [0.1, 0.15) is 27.9 Å². The molecule has 1 aliphatic heterocycles. The molecule has 1 heterocycles. The fourth-order valence-corrected chi connectivity index (χ4v) is 5.78. The molecule has 1 aliphatic rings. The number of anilines is 1. The molecule has 0 aliphatic carbocycles. The first kappa shape index (κ1) is 29.5. The van der Waals surface area contributed by atoms with E-state index < -0.39 is 68.3 Å². The van der Waals surface area contributed by atoms with E-state index in [2.05, 4.69) is 10.0 Å². The number of benzene rings is 3. The smallest absolute Gasteiger partial charge is 0.251 e. The highest BCUT2D eigenvalue weighted by Crippen LogP contribution is 2.41. The third-order valence-electron chi connectivity index (χ3n) is 5.89. The van der Waals surface area contributed by atoms with Gasteiger partial charge >= 0.3 is 0 Å². The van der Waals surface area contributed by atoms with Crippen LogP contribution in [-0.2, 0) is 27.9 Å². The summed E-state index contributed by atoms with van der Waals surface area (Å²) in [4.78, 5) is 28.0. The quantitative estimate of drug-likeness (QED) is 0.359. The summed E-state index contributed by atoms with van der Waals surface area (Å²) in [5.74, 6) is -6.38. The summed E-state index contributed by atoms with van der Waals surface area (Å²) in [7, 11) is -3.50. The zero-order chi connectivity index (χ0) is 29.2. The number of fused-ring (bicyclic) bond motifs is 1. The van der Waals surface area contributed by atoms with Crippen LogP contribution in [0.3, 0.4) is 0 Å². The average Bonchev–Trinajstić information content (AvgIpc) is 2.84. The highest BCUT2D eigenvalue weighted by molar-refractivity contribution is 8.01. The largest absolute Gasteiger partial charge is 0.348 e. The van der Waals surface area contributed by atoms with Crippen LogP contribution in [0.4, 0.5) is 27.6 Å². The number of carbonyl (C=O) groups excluding carboxylic acids is 2. The lowest BCUT2D eigenvalue weighted by atomic mass is 10.1. The van der Waals surface area contributed by atoms with E-state index in [4.69, 9.17) is 0 Å². The Kier molecular flexibility index (Phi) is 8.80. The number of rotatable bonds is 9. The minimum atomic E-state index is -3.50. The van der Waals surface area contributed by atoms with Crippen LogP contribution in [0.15, 0.2) is 53.4 Å². The first-order valence-corrected chi connectivity index (χ1v) is 14.5. The first-order chi connectivity index (χ1) is 18.8. The van der Waals surface area contributed by atoms with Crippen LogP contribution in [0.25, 0.3) is 0 Å². The van der Waals surface area contributed by atoms with Crippen molar-refractivity contribution in [3.63, 3.8) is 0 Å². The van der Waals surface area contributed by atoms with Crippen molar-refractivity contribution >= 4 is 39.3 Å². The highest BCUT2D eigenvalue weighted by Gasteiger charge is 2.34. The van der Waals surface area contributed by atoms with E-state index in [0.29, 0.717) is 23.1 Å². The van der Waals surface area contributed by atoms with E-state index in [0.717, 1.165) is 30.2 Å². The Morgan fingerprint density at radius 1 is 0.950 bits per heavy atom. The number of halogens is 5. The normalized spacial score (nSPS) is 15.2. The fraction of sp³-hybridized carbons (Fsp3) is 0.231. The molecule has 0 fully saturated rings. The molecule has 0 saturated heterocycles. The van der Waals surface area contributed by atoms with E-state index in [9.17, 15) is 40.0 Å². The van der Waals surface area contributed by atoms with Gasteiger partial charge in [0.05, 0.1) is 23.7 Å². The maximum atomic E-state index is 14.0. The molecule has 2 N–H and O–H groups in total. The van der Waals surface area contributed by atoms with Gasteiger partial charge in [-0.15, -0.1) is 11.8 Å². The van der Waals surface area contributed by atoms with E-state index in [1.54, 1.807) is 0 Å². The molecule has 14 heteroatoms. The maximum Gasteiger partial charge on any atom is 0.251 e. The second kappa shape index (κ2) is 11.9. The summed E-state index contributed by atoms with van der Waals surface area (Å²) in [5, 5.41) is 1.60. The van der Waals surface area contributed by atoms with Gasteiger partial charge in [-0.25, -0.2) is 35.1 Å². The van der Waals surface area contributed by atoms with Crippen LogP contribution in [0.5, 0.6) is 0 Å². The van der Waals surface area contributed by atoms with Gasteiger partial charge in [-0.2, -0.15) is 0 Å². The van der Waals surface area contributed by atoms with Crippen molar-refractivity contribution in [1.29, 1.82) is 0 Å². The van der Waals surface area contributed by atoms with Crippen molar-refractivity contribution in [2.75, 3.05) is 17.7 Å². The second-order valence-corrected chi connectivity index (χ2v) is 12.1. The lowest BCUT2D eigenvalue weighted by Gasteiger charge is -2.34. The molecular formula is C26H22F5N3O4S2. The Labute approximate surface area is 230 Å². The minimum absolute atomic E-state index is 0.0164. The van der Waals surface area contributed by atoms with Crippen molar-refractivity contribution < 1.29 is 40.0 Å². The second-order valence-electron chi connectivity index (χ2n) is 8.98. The van der Waals surface area contributed by atoms with E-state index in [-0.39, 0.29) is 36.3 Å². The summed E-state index contributed by atoms with van der Waals surface area (Å²) < 4.78 is 94.0. The van der Waals surface area contributed by atoms with Gasteiger partial charge in [0, 0.05) is 47.3 Å². The fourth-order valence-electron chi connectivity index (χ4n) is 4.08. The van der Waals surface area contributed by atoms with Gasteiger partial charge in [-0.1, -0.05) is 0 Å². The summed E-state index contributed by atoms with van der Waals surface area (Å²) in [6.07, 6.45) is 1.09. The Bertz CT molecular complexity index is 1540. The number of amides is 2. The summed E-state index contributed by atoms with van der Waals surface area (Å²) in [5.41, 5.74) is -0.144. The molecule has 0 bridgehead atoms. The number of thioether (sulfide) groups is 1. The van der Waals surface area contributed by atoms with Gasteiger partial charge in [-0.3, -0.25) is 9.59 Å². The van der Waals surface area contributed by atoms with Crippen LogP contribution in [-0.4, -0.2) is 38.3 Å². The lowest BCUT2D eigenvalue weighted by Crippen LogP contribution is -2.42. The lowest BCUT2D eigenvalue weighted by molar-refractivity contribution is -0.118. The number of hydrogen-bond donors (Lipinski definition) is 2. The van der Waals surface area contributed by atoms with Crippen LogP contribution in [0, 0.1) is 29.1 Å². The number of nitrogens with zero attached hydrogens (tertiary/aromatic N) is 1. The van der Waals surface area contributed by atoms with Gasteiger partial charge in [0.2, 0.25) is 15.9 Å². The predicted octanol–water partition coefficient (Wildman–Crippen LogP) is 4.26. The molecule has 40 heavy (non-hydrogen) atoms. The molecule has 4 rings (SSSR count). The average molecular weight is 600 g/mol. The molecule has 7 nitrogen and oxygen atoms in total. The number of hydrogen-bond acceptors (Lipinski definition) is 5. The first-order valence-electron chi connectivity index (χ1n) is 11.7. The summed E-state index contributed by atoms with van der Waals surface area (Å²) in [6, 6.07) is 8.08. The zero-order valence-corrected chi connectivity index (χ0v) is 22.4. The van der Waals surface area contributed by atoms with Gasteiger partial charge in [-0.05, 0) is 42.3 Å².